The van der Waals surface area contributed by atoms with Crippen molar-refractivity contribution in [2.75, 3.05) is 26.7 Å². The van der Waals surface area contributed by atoms with Gasteiger partial charge >= 0.3 is 0 Å². The number of rotatable bonds is 7. The van der Waals surface area contributed by atoms with Gasteiger partial charge in [0.2, 0.25) is 5.91 Å². The summed E-state index contributed by atoms with van der Waals surface area (Å²) in [5.74, 6) is -0.142. The number of ether oxygens (including phenoxy) is 1. The van der Waals surface area contributed by atoms with E-state index < -0.39 is 0 Å². The van der Waals surface area contributed by atoms with Crippen molar-refractivity contribution in [1.82, 2.24) is 19.7 Å². The number of nitrogens with one attached hydrogen (secondary N) is 1. The lowest BCUT2D eigenvalue weighted by Crippen LogP contribution is -2.34. The topological polar surface area (TPSA) is 66.8 Å². The molecule has 2 saturated heterocycles. The number of amides is 2. The summed E-state index contributed by atoms with van der Waals surface area (Å²) in [5, 5.41) is 4.53. The Morgan fingerprint density at radius 3 is 2.81 bits per heavy atom. The largest absolute Gasteiger partial charge is 0.376 e. The van der Waals surface area contributed by atoms with E-state index in [1.54, 1.807) is 9.80 Å². The maximum Gasteiger partial charge on any atom is 0.276 e. The molecule has 1 N–H and O–H groups in total. The third-order valence-corrected chi connectivity index (χ3v) is 6.70. The predicted octanol–water partition coefficient (Wildman–Crippen LogP) is 2.92. The van der Waals surface area contributed by atoms with Crippen molar-refractivity contribution < 1.29 is 14.3 Å². The smallest absolute Gasteiger partial charge is 0.276 e. The molecule has 170 valence electrons. The number of aromatic nitrogens is 1. The van der Waals surface area contributed by atoms with Gasteiger partial charge in [-0.25, -0.2) is 0 Å². The highest BCUT2D eigenvalue weighted by atomic mass is 32.1. The number of carbonyl (C=O) groups is 2. The molecule has 4 rings (SSSR count). The summed E-state index contributed by atoms with van der Waals surface area (Å²) in [6.07, 6.45) is 6.84. The van der Waals surface area contributed by atoms with Gasteiger partial charge in [0, 0.05) is 43.9 Å². The van der Waals surface area contributed by atoms with Crippen LogP contribution < -0.4 is 5.32 Å². The van der Waals surface area contributed by atoms with E-state index in [0.717, 1.165) is 47.9 Å². The highest BCUT2D eigenvalue weighted by Gasteiger charge is 2.34. The Kier molecular flexibility index (Phi) is 6.62. The third-order valence-electron chi connectivity index (χ3n) is 6.21. The summed E-state index contributed by atoms with van der Waals surface area (Å²) in [4.78, 5) is 28.9. The first-order valence-corrected chi connectivity index (χ1v) is 11.7. The molecular weight excluding hydrogens is 424 g/mol. The van der Waals surface area contributed by atoms with E-state index in [2.05, 4.69) is 18.3 Å². The lowest BCUT2D eigenvalue weighted by Gasteiger charge is -2.13. The lowest BCUT2D eigenvalue weighted by molar-refractivity contribution is -0.123. The number of hydrogen-bond acceptors (Lipinski definition) is 4. The first-order chi connectivity index (χ1) is 15.4. The van der Waals surface area contributed by atoms with E-state index in [-0.39, 0.29) is 24.5 Å². The van der Waals surface area contributed by atoms with E-state index in [1.807, 2.05) is 42.9 Å². The summed E-state index contributed by atoms with van der Waals surface area (Å²) < 4.78 is 7.59. The van der Waals surface area contributed by atoms with Gasteiger partial charge in [0.1, 0.15) is 12.2 Å². The van der Waals surface area contributed by atoms with Crippen molar-refractivity contribution in [3.63, 3.8) is 0 Å². The van der Waals surface area contributed by atoms with Crippen LogP contribution in [0.15, 0.2) is 30.1 Å². The zero-order valence-electron chi connectivity index (χ0n) is 18.9. The monoisotopic (exact) mass is 454 g/mol. The Balaban J connectivity index is 1.66. The van der Waals surface area contributed by atoms with Crippen LogP contribution in [0.4, 0.5) is 0 Å². The fourth-order valence-electron chi connectivity index (χ4n) is 4.47. The third kappa shape index (κ3) is 4.17. The Bertz CT molecular complexity index is 1080. The molecule has 2 aliphatic rings. The molecule has 2 fully saturated rings. The second kappa shape index (κ2) is 9.42. The summed E-state index contributed by atoms with van der Waals surface area (Å²) >= 11 is 5.43. The molecule has 2 aromatic rings. The van der Waals surface area contributed by atoms with Crippen molar-refractivity contribution in [3.8, 4) is 0 Å². The zero-order chi connectivity index (χ0) is 22.8. The molecule has 7 nitrogen and oxygen atoms in total. The fourth-order valence-corrected chi connectivity index (χ4v) is 4.78. The minimum absolute atomic E-state index is 0.0464. The number of aryl methyl sites for hydroxylation is 1. The number of para-hydroxylation sites is 1. The summed E-state index contributed by atoms with van der Waals surface area (Å²) in [7, 11) is 1.82. The number of benzene rings is 1. The van der Waals surface area contributed by atoms with Crippen LogP contribution in [0, 0.1) is 0 Å². The highest BCUT2D eigenvalue weighted by Crippen LogP contribution is 2.29. The average Bonchev–Trinajstić information content (AvgIpc) is 3.48. The molecule has 1 atom stereocenters. The number of fused-ring (bicyclic) bond motifs is 1. The second-order valence-corrected chi connectivity index (χ2v) is 8.60. The Hall–Kier alpha value is -2.71. The van der Waals surface area contributed by atoms with Gasteiger partial charge in [-0.15, -0.1) is 0 Å². The molecule has 0 saturated carbocycles. The summed E-state index contributed by atoms with van der Waals surface area (Å²) in [6, 6.07) is 6.14. The standard InChI is InChI=1S/C24H30N4O3S/c1-4-16-8-6-10-19-17(12-20-23(30)28(5-2)24(32)26(20)3)14-27(22(16)19)15-21(29)25-13-18-9-7-11-31-18/h6,8,10,12,14,18H,4-5,7,9,11,13,15H2,1-3H3,(H,25,29)/b20-12-/t18-/m1/s1. The quantitative estimate of drug-likeness (QED) is 0.515. The van der Waals surface area contributed by atoms with Crippen molar-refractivity contribution in [2.45, 2.75) is 45.8 Å². The maximum atomic E-state index is 12.9. The molecule has 2 amide bonds. The van der Waals surface area contributed by atoms with Gasteiger partial charge in [-0.3, -0.25) is 14.5 Å². The second-order valence-electron chi connectivity index (χ2n) is 8.24. The van der Waals surface area contributed by atoms with Crippen molar-refractivity contribution in [3.05, 3.63) is 41.2 Å². The van der Waals surface area contributed by atoms with Gasteiger partial charge in [-0.2, -0.15) is 0 Å². The normalized spacial score (nSPS) is 20.2. The molecule has 1 aromatic carbocycles. The van der Waals surface area contributed by atoms with E-state index in [1.165, 1.54) is 0 Å². The summed E-state index contributed by atoms with van der Waals surface area (Å²) in [5.41, 5.74) is 3.63. The molecule has 8 heteroatoms. The number of likely N-dealkylation sites (N-methyl/N-ethyl adjacent to an activating group) is 2. The molecule has 0 unspecified atom stereocenters. The number of hydrogen-bond donors (Lipinski definition) is 1. The van der Waals surface area contributed by atoms with Crippen LogP contribution in [-0.4, -0.2) is 64.1 Å². The van der Waals surface area contributed by atoms with Crippen molar-refractivity contribution in [1.29, 1.82) is 0 Å². The van der Waals surface area contributed by atoms with E-state index in [0.29, 0.717) is 23.9 Å². The molecule has 1 aromatic heterocycles. The number of carbonyl (C=O) groups excluding carboxylic acids is 2. The predicted molar refractivity (Wildman–Crippen MR) is 129 cm³/mol. The first-order valence-electron chi connectivity index (χ1n) is 11.2. The Morgan fingerprint density at radius 1 is 1.34 bits per heavy atom. The molecular formula is C24H30N4O3S. The molecule has 2 aliphatic heterocycles. The van der Waals surface area contributed by atoms with Gasteiger partial charge in [0.05, 0.1) is 11.6 Å². The van der Waals surface area contributed by atoms with Crippen LogP contribution in [0.1, 0.15) is 37.8 Å². The first kappa shape index (κ1) is 22.5. The highest BCUT2D eigenvalue weighted by molar-refractivity contribution is 7.80. The average molecular weight is 455 g/mol. The molecule has 0 bridgehead atoms. The van der Waals surface area contributed by atoms with Gasteiger partial charge in [0.25, 0.3) is 5.91 Å². The fraction of sp³-hybridized carbons (Fsp3) is 0.458. The Morgan fingerprint density at radius 2 is 2.16 bits per heavy atom. The maximum absolute atomic E-state index is 12.9. The van der Waals surface area contributed by atoms with Gasteiger partial charge in [-0.05, 0) is 50.0 Å². The number of nitrogens with zero attached hydrogens (tertiary/aromatic N) is 3. The molecule has 0 aliphatic carbocycles. The molecule has 3 heterocycles. The van der Waals surface area contributed by atoms with E-state index in [9.17, 15) is 9.59 Å². The minimum Gasteiger partial charge on any atom is -0.376 e. The van der Waals surface area contributed by atoms with E-state index >= 15 is 0 Å². The SMILES string of the molecule is CCc1cccc2c(/C=C3/C(=O)N(CC)C(=S)N3C)cn(CC(=O)NC[C@H]3CCCO3)c12. The van der Waals surface area contributed by atoms with Crippen LogP contribution in [-0.2, 0) is 27.3 Å². The molecule has 0 radical (unpaired) electrons. The minimum atomic E-state index is -0.0955. The van der Waals surface area contributed by atoms with Crippen LogP contribution in [0.25, 0.3) is 17.0 Å². The van der Waals surface area contributed by atoms with Gasteiger partial charge in [-0.1, -0.05) is 25.1 Å². The van der Waals surface area contributed by atoms with Gasteiger partial charge in [0.15, 0.2) is 5.11 Å². The zero-order valence-corrected chi connectivity index (χ0v) is 19.7. The molecule has 32 heavy (non-hydrogen) atoms. The van der Waals surface area contributed by atoms with Crippen molar-refractivity contribution >= 4 is 46.1 Å². The van der Waals surface area contributed by atoms with Crippen LogP contribution >= 0.6 is 12.2 Å². The van der Waals surface area contributed by atoms with E-state index in [4.69, 9.17) is 17.0 Å². The lowest BCUT2D eigenvalue weighted by atomic mass is 10.1. The number of thiocarbonyl (C=S) groups is 1. The van der Waals surface area contributed by atoms with Crippen LogP contribution in [0.3, 0.4) is 0 Å². The van der Waals surface area contributed by atoms with Crippen LogP contribution in [0.5, 0.6) is 0 Å². The molecule has 0 spiro atoms. The van der Waals surface area contributed by atoms with Gasteiger partial charge < -0.3 is 19.5 Å². The van der Waals surface area contributed by atoms with Crippen LogP contribution in [0.2, 0.25) is 0 Å². The summed E-state index contributed by atoms with van der Waals surface area (Å²) in [6.45, 7) is 6.08. The van der Waals surface area contributed by atoms with Crippen molar-refractivity contribution in [2.24, 2.45) is 0 Å². The Labute approximate surface area is 194 Å².